The first-order valence-corrected chi connectivity index (χ1v) is 7.52. The van der Waals surface area contributed by atoms with Crippen molar-refractivity contribution in [2.75, 3.05) is 18.6 Å². The van der Waals surface area contributed by atoms with E-state index in [0.717, 1.165) is 6.26 Å². The Morgan fingerprint density at radius 3 is 2.71 bits per heavy atom. The van der Waals surface area contributed by atoms with E-state index in [1.807, 2.05) is 0 Å². The summed E-state index contributed by atoms with van der Waals surface area (Å²) in [5, 5.41) is -0.571. The molecular formula is C7H14O5S2. The van der Waals surface area contributed by atoms with Crippen LogP contribution in [0.2, 0.25) is 0 Å². The summed E-state index contributed by atoms with van der Waals surface area (Å²) in [6, 6.07) is 0. The highest BCUT2D eigenvalue weighted by Crippen LogP contribution is 2.19. The molecule has 0 bridgehead atoms. The van der Waals surface area contributed by atoms with E-state index in [1.165, 1.54) is 0 Å². The van der Waals surface area contributed by atoms with Crippen LogP contribution < -0.4 is 0 Å². The highest BCUT2D eigenvalue weighted by molar-refractivity contribution is 7.90. The molecule has 0 amide bonds. The number of hydrogen-bond donors (Lipinski definition) is 1. The number of rotatable bonds is 3. The average molecular weight is 242 g/mol. The zero-order valence-electron chi connectivity index (χ0n) is 7.88. The summed E-state index contributed by atoms with van der Waals surface area (Å²) >= 11 is -2.01. The van der Waals surface area contributed by atoms with Crippen LogP contribution in [0.4, 0.5) is 0 Å². The first-order chi connectivity index (χ1) is 6.40. The Morgan fingerprint density at radius 1 is 1.57 bits per heavy atom. The van der Waals surface area contributed by atoms with Crippen molar-refractivity contribution in [1.29, 1.82) is 0 Å². The first-order valence-electron chi connectivity index (χ1n) is 4.29. The maximum Gasteiger partial charge on any atom is 0.158 e. The smallest absolute Gasteiger partial charge is 0.158 e. The van der Waals surface area contributed by atoms with E-state index in [1.54, 1.807) is 0 Å². The molecule has 7 heteroatoms. The third kappa shape index (κ3) is 3.64. The van der Waals surface area contributed by atoms with Crippen molar-refractivity contribution in [2.24, 2.45) is 0 Å². The van der Waals surface area contributed by atoms with E-state index in [9.17, 15) is 12.6 Å². The van der Waals surface area contributed by atoms with Crippen LogP contribution in [-0.4, -0.2) is 47.1 Å². The monoisotopic (exact) mass is 242 g/mol. The maximum absolute atomic E-state index is 11.0. The molecule has 1 saturated heterocycles. The summed E-state index contributed by atoms with van der Waals surface area (Å²) in [4.78, 5) is 0. The SMILES string of the molecule is CS(=O)(=O)C[C@H]1OCCC[C@H]1S(=O)O. The average Bonchev–Trinajstić information content (AvgIpc) is 2.01. The molecule has 3 atom stereocenters. The Kier molecular flexibility index (Phi) is 4.05. The molecule has 14 heavy (non-hydrogen) atoms. The van der Waals surface area contributed by atoms with Crippen molar-refractivity contribution in [1.82, 2.24) is 0 Å². The molecule has 1 fully saturated rings. The number of hydrogen-bond acceptors (Lipinski definition) is 4. The summed E-state index contributed by atoms with van der Waals surface area (Å²) in [7, 11) is -3.16. The molecule has 0 aliphatic carbocycles. The van der Waals surface area contributed by atoms with Crippen molar-refractivity contribution in [3.63, 3.8) is 0 Å². The van der Waals surface area contributed by atoms with Crippen LogP contribution in [0.3, 0.4) is 0 Å². The van der Waals surface area contributed by atoms with Gasteiger partial charge in [0.2, 0.25) is 0 Å². The molecule has 0 aromatic rings. The molecule has 0 aromatic heterocycles. The summed E-state index contributed by atoms with van der Waals surface area (Å²) in [5.41, 5.74) is 0. The van der Waals surface area contributed by atoms with Crippen LogP contribution in [0.1, 0.15) is 12.8 Å². The quantitative estimate of drug-likeness (QED) is 0.693. The van der Waals surface area contributed by atoms with Crippen LogP contribution in [0.25, 0.3) is 0 Å². The van der Waals surface area contributed by atoms with Gasteiger partial charge in [-0.25, -0.2) is 12.6 Å². The Labute approximate surface area is 86.0 Å². The fourth-order valence-corrected chi connectivity index (χ4v) is 3.35. The van der Waals surface area contributed by atoms with Crippen LogP contribution in [0.15, 0.2) is 0 Å². The van der Waals surface area contributed by atoms with Gasteiger partial charge in [-0.1, -0.05) is 0 Å². The van der Waals surface area contributed by atoms with Crippen molar-refractivity contribution in [3.05, 3.63) is 0 Å². The van der Waals surface area contributed by atoms with Gasteiger partial charge in [0.05, 0.1) is 17.1 Å². The molecule has 1 heterocycles. The summed E-state index contributed by atoms with van der Waals surface area (Å²) in [6.45, 7) is 0.466. The van der Waals surface area contributed by atoms with E-state index >= 15 is 0 Å². The zero-order chi connectivity index (χ0) is 10.8. The van der Waals surface area contributed by atoms with Crippen molar-refractivity contribution >= 4 is 20.9 Å². The summed E-state index contributed by atoms with van der Waals surface area (Å²) < 4.78 is 47.0. The molecule has 0 radical (unpaired) electrons. The predicted molar refractivity (Wildman–Crippen MR) is 53.2 cm³/mol. The molecule has 1 unspecified atom stereocenters. The summed E-state index contributed by atoms with van der Waals surface area (Å²) in [5.74, 6) is -0.177. The highest BCUT2D eigenvalue weighted by Gasteiger charge is 2.32. The second-order valence-electron chi connectivity index (χ2n) is 3.46. The van der Waals surface area contributed by atoms with Gasteiger partial charge in [-0.3, -0.25) is 0 Å². The Balaban J connectivity index is 2.68. The van der Waals surface area contributed by atoms with Gasteiger partial charge < -0.3 is 9.29 Å². The second-order valence-corrected chi connectivity index (χ2v) is 6.80. The topological polar surface area (TPSA) is 80.7 Å². The van der Waals surface area contributed by atoms with E-state index in [2.05, 4.69) is 0 Å². The van der Waals surface area contributed by atoms with Crippen LogP contribution in [-0.2, 0) is 25.7 Å². The molecule has 1 aliphatic rings. The van der Waals surface area contributed by atoms with Gasteiger partial charge in [-0.15, -0.1) is 0 Å². The van der Waals surface area contributed by atoms with E-state index in [0.29, 0.717) is 19.4 Å². The largest absolute Gasteiger partial charge is 0.376 e. The van der Waals surface area contributed by atoms with Crippen LogP contribution in [0.5, 0.6) is 0 Å². The second kappa shape index (κ2) is 4.69. The third-order valence-electron chi connectivity index (χ3n) is 2.11. The first kappa shape index (κ1) is 12.1. The number of sulfone groups is 1. The Morgan fingerprint density at radius 2 is 2.21 bits per heavy atom. The van der Waals surface area contributed by atoms with E-state index in [-0.39, 0.29) is 5.75 Å². The van der Waals surface area contributed by atoms with Gasteiger partial charge in [-0.2, -0.15) is 0 Å². The molecule has 1 N–H and O–H groups in total. The van der Waals surface area contributed by atoms with Crippen LogP contribution in [0, 0.1) is 0 Å². The molecule has 5 nitrogen and oxygen atoms in total. The lowest BCUT2D eigenvalue weighted by Crippen LogP contribution is -2.41. The highest BCUT2D eigenvalue weighted by atomic mass is 32.2. The maximum atomic E-state index is 11.0. The third-order valence-corrected chi connectivity index (χ3v) is 4.10. The molecule has 84 valence electrons. The van der Waals surface area contributed by atoms with Gasteiger partial charge in [0, 0.05) is 12.9 Å². The van der Waals surface area contributed by atoms with Gasteiger partial charge in [0.1, 0.15) is 9.84 Å². The molecular weight excluding hydrogens is 228 g/mol. The molecule has 0 spiro atoms. The molecule has 0 aromatic carbocycles. The van der Waals surface area contributed by atoms with Crippen molar-refractivity contribution in [3.8, 4) is 0 Å². The molecule has 1 rings (SSSR count). The minimum atomic E-state index is -3.16. The summed E-state index contributed by atoms with van der Waals surface area (Å²) in [6.07, 6.45) is 1.72. The lowest BCUT2D eigenvalue weighted by molar-refractivity contribution is 0.0332. The Bertz CT molecular complexity index is 310. The fraction of sp³-hybridized carbons (Fsp3) is 1.00. The van der Waals surface area contributed by atoms with E-state index in [4.69, 9.17) is 9.29 Å². The molecule has 0 saturated carbocycles. The predicted octanol–water partition coefficient (Wildman–Crippen LogP) is -0.200. The Hall–Kier alpha value is 0.0200. The normalized spacial score (nSPS) is 31.3. The molecule has 1 aliphatic heterocycles. The van der Waals surface area contributed by atoms with Gasteiger partial charge in [-0.05, 0) is 12.8 Å². The van der Waals surface area contributed by atoms with Crippen molar-refractivity contribution in [2.45, 2.75) is 24.2 Å². The van der Waals surface area contributed by atoms with Gasteiger partial charge in [0.15, 0.2) is 11.1 Å². The van der Waals surface area contributed by atoms with Crippen molar-refractivity contribution < 1.29 is 21.9 Å². The van der Waals surface area contributed by atoms with Gasteiger partial charge >= 0.3 is 0 Å². The minimum Gasteiger partial charge on any atom is -0.376 e. The zero-order valence-corrected chi connectivity index (χ0v) is 9.51. The minimum absolute atomic E-state index is 0.177. The van der Waals surface area contributed by atoms with E-state index < -0.39 is 32.3 Å². The number of ether oxygens (including phenoxy) is 1. The van der Waals surface area contributed by atoms with Gasteiger partial charge in [0.25, 0.3) is 0 Å². The lowest BCUT2D eigenvalue weighted by atomic mass is 10.1. The standard InChI is InChI=1S/C7H14O5S2/c1-14(10,11)5-6-7(13(8)9)3-2-4-12-6/h6-7H,2-5H2,1H3,(H,8,9)/t6-,7-/m1/s1. The van der Waals surface area contributed by atoms with Crippen LogP contribution >= 0.6 is 0 Å². The lowest BCUT2D eigenvalue weighted by Gasteiger charge is -2.28. The fourth-order valence-electron chi connectivity index (χ4n) is 1.50.